The lowest BCUT2D eigenvalue weighted by molar-refractivity contribution is 0.540. The normalized spacial score (nSPS) is 25.6. The Bertz CT molecular complexity index is 168. The van der Waals surface area contributed by atoms with Crippen LogP contribution in [0, 0.1) is 5.92 Å². The van der Waals surface area contributed by atoms with E-state index in [1.807, 2.05) is 0 Å². The van der Waals surface area contributed by atoms with Gasteiger partial charge in [-0.2, -0.15) is 0 Å². The Hall–Kier alpha value is -0.720. The van der Waals surface area contributed by atoms with Gasteiger partial charge in [0, 0.05) is 11.6 Å². The zero-order valence-corrected chi connectivity index (χ0v) is 6.78. The van der Waals surface area contributed by atoms with E-state index < -0.39 is 0 Å². The highest BCUT2D eigenvalue weighted by molar-refractivity contribution is 5.15. The molecule has 0 saturated carbocycles. The molecule has 1 aliphatic heterocycles. The van der Waals surface area contributed by atoms with Gasteiger partial charge in [0.15, 0.2) is 0 Å². The van der Waals surface area contributed by atoms with E-state index in [4.69, 9.17) is 0 Å². The van der Waals surface area contributed by atoms with Crippen molar-refractivity contribution in [2.24, 2.45) is 5.92 Å². The monoisotopic (exact) mass is 137 g/mol. The van der Waals surface area contributed by atoms with Crippen LogP contribution < -0.4 is 5.32 Å². The summed E-state index contributed by atoms with van der Waals surface area (Å²) in [6.07, 6.45) is 4.42. The highest BCUT2D eigenvalue weighted by atomic mass is 14.9. The van der Waals surface area contributed by atoms with E-state index in [1.165, 1.54) is 24.1 Å². The van der Waals surface area contributed by atoms with E-state index >= 15 is 0 Å². The summed E-state index contributed by atoms with van der Waals surface area (Å²) in [6.45, 7) is 8.30. The Balaban J connectivity index is 2.62. The topological polar surface area (TPSA) is 12.0 Å². The van der Waals surface area contributed by atoms with Crippen molar-refractivity contribution in [2.45, 2.75) is 26.7 Å². The van der Waals surface area contributed by atoms with Gasteiger partial charge in [0.05, 0.1) is 0 Å². The fourth-order valence-electron chi connectivity index (χ4n) is 1.30. The maximum absolute atomic E-state index is 3.95. The Kier molecular flexibility index (Phi) is 2.15. The van der Waals surface area contributed by atoms with Gasteiger partial charge >= 0.3 is 0 Å². The number of nitrogens with one attached hydrogen (secondary N) is 1. The summed E-state index contributed by atoms with van der Waals surface area (Å²) in [5.74, 6) is 0.657. The second kappa shape index (κ2) is 2.91. The molecule has 1 N–H and O–H groups in total. The molecule has 0 aliphatic carbocycles. The molecule has 56 valence electrons. The van der Waals surface area contributed by atoms with Crippen molar-refractivity contribution < 1.29 is 0 Å². The summed E-state index contributed by atoms with van der Waals surface area (Å²) in [5.41, 5.74) is 2.60. The van der Waals surface area contributed by atoms with Crippen molar-refractivity contribution in [2.75, 3.05) is 0 Å². The average Bonchev–Trinajstić information content (AvgIpc) is 1.94. The lowest BCUT2D eigenvalue weighted by Gasteiger charge is -2.23. The van der Waals surface area contributed by atoms with Gasteiger partial charge in [0.25, 0.3) is 0 Å². The van der Waals surface area contributed by atoms with Gasteiger partial charge in [-0.15, -0.1) is 0 Å². The van der Waals surface area contributed by atoms with Crippen LogP contribution >= 0.6 is 0 Å². The second-order valence-corrected chi connectivity index (χ2v) is 2.97. The molecule has 0 aromatic carbocycles. The van der Waals surface area contributed by atoms with Gasteiger partial charge in [-0.05, 0) is 26.0 Å². The molecule has 0 fully saturated rings. The fraction of sp³-hybridized carbons (Fsp3) is 0.556. The second-order valence-electron chi connectivity index (χ2n) is 2.97. The van der Waals surface area contributed by atoms with Gasteiger partial charge < -0.3 is 5.32 Å². The third-order valence-corrected chi connectivity index (χ3v) is 2.06. The van der Waals surface area contributed by atoms with E-state index in [2.05, 4.69) is 31.9 Å². The van der Waals surface area contributed by atoms with Gasteiger partial charge in [0.2, 0.25) is 0 Å². The summed E-state index contributed by atoms with van der Waals surface area (Å²) in [6, 6.07) is 0. The minimum absolute atomic E-state index is 0.657. The van der Waals surface area contributed by atoms with Crippen LogP contribution in [0.2, 0.25) is 0 Å². The first kappa shape index (κ1) is 7.39. The Labute approximate surface area is 62.8 Å². The molecule has 1 rings (SSSR count). The molecule has 1 heterocycles. The summed E-state index contributed by atoms with van der Waals surface area (Å²) < 4.78 is 0. The molecule has 0 aromatic rings. The first-order chi connectivity index (χ1) is 4.74. The molecule has 0 aromatic heterocycles. The number of hydrogen-bond acceptors (Lipinski definition) is 1. The molecule has 0 amide bonds. The molecule has 0 radical (unpaired) electrons. The lowest BCUT2D eigenvalue weighted by Crippen LogP contribution is -2.19. The smallest absolute Gasteiger partial charge is 0.0108 e. The minimum Gasteiger partial charge on any atom is -0.365 e. The van der Waals surface area contributed by atoms with Crippen LogP contribution in [0.1, 0.15) is 26.7 Å². The summed E-state index contributed by atoms with van der Waals surface area (Å²) in [7, 11) is 0. The van der Waals surface area contributed by atoms with E-state index in [9.17, 15) is 0 Å². The summed E-state index contributed by atoms with van der Waals surface area (Å²) >= 11 is 0. The van der Waals surface area contributed by atoms with Crippen molar-refractivity contribution in [3.05, 3.63) is 24.0 Å². The molecule has 1 nitrogen and oxygen atoms in total. The average molecular weight is 137 g/mol. The molecular formula is C9H15N. The highest BCUT2D eigenvalue weighted by Gasteiger charge is 2.13. The molecule has 1 aliphatic rings. The first-order valence-electron chi connectivity index (χ1n) is 3.85. The molecule has 0 saturated heterocycles. The van der Waals surface area contributed by atoms with Crippen LogP contribution in [0.5, 0.6) is 0 Å². The molecule has 0 spiro atoms. The Morgan fingerprint density at radius 2 is 2.50 bits per heavy atom. The van der Waals surface area contributed by atoms with E-state index in [0.717, 1.165) is 0 Å². The van der Waals surface area contributed by atoms with Crippen LogP contribution in [-0.2, 0) is 0 Å². The van der Waals surface area contributed by atoms with Crippen LogP contribution in [0.3, 0.4) is 0 Å². The van der Waals surface area contributed by atoms with Crippen molar-refractivity contribution in [3.8, 4) is 0 Å². The molecule has 10 heavy (non-hydrogen) atoms. The third-order valence-electron chi connectivity index (χ3n) is 2.06. The van der Waals surface area contributed by atoms with Crippen molar-refractivity contribution in [1.82, 2.24) is 5.32 Å². The van der Waals surface area contributed by atoms with Crippen LogP contribution in [0.25, 0.3) is 0 Å². The minimum atomic E-state index is 0.657. The van der Waals surface area contributed by atoms with E-state index in [1.54, 1.807) is 0 Å². The number of rotatable bonds is 1. The maximum atomic E-state index is 3.95. The van der Waals surface area contributed by atoms with Crippen LogP contribution in [0.15, 0.2) is 24.0 Å². The molecule has 0 bridgehead atoms. The standard InChI is InChI=1S/C9H15N/c1-4-9-5-7(2)6-10-8(9)3/h6,9-10H,3-5H2,1-2H3. The van der Waals surface area contributed by atoms with E-state index in [-0.39, 0.29) is 0 Å². The predicted octanol–water partition coefficient (Wildman–Crippen LogP) is 2.42. The summed E-state index contributed by atoms with van der Waals surface area (Å²) in [4.78, 5) is 0. The van der Waals surface area contributed by atoms with Gasteiger partial charge in [-0.25, -0.2) is 0 Å². The van der Waals surface area contributed by atoms with Crippen molar-refractivity contribution >= 4 is 0 Å². The number of hydrogen-bond donors (Lipinski definition) is 1. The Morgan fingerprint density at radius 1 is 1.80 bits per heavy atom. The van der Waals surface area contributed by atoms with Crippen LogP contribution in [0.4, 0.5) is 0 Å². The molecule has 1 atom stereocenters. The van der Waals surface area contributed by atoms with Crippen molar-refractivity contribution in [1.29, 1.82) is 0 Å². The molecular weight excluding hydrogens is 122 g/mol. The van der Waals surface area contributed by atoms with Gasteiger partial charge in [0.1, 0.15) is 0 Å². The SMILES string of the molecule is C=C1NC=C(C)CC1CC. The fourth-order valence-corrected chi connectivity index (χ4v) is 1.30. The first-order valence-corrected chi connectivity index (χ1v) is 3.85. The van der Waals surface area contributed by atoms with Crippen molar-refractivity contribution in [3.63, 3.8) is 0 Å². The summed E-state index contributed by atoms with van der Waals surface area (Å²) in [5, 5.41) is 3.18. The molecule has 1 unspecified atom stereocenters. The largest absolute Gasteiger partial charge is 0.365 e. The predicted molar refractivity (Wildman–Crippen MR) is 44.4 cm³/mol. The quantitative estimate of drug-likeness (QED) is 0.585. The molecule has 1 heteroatoms. The Morgan fingerprint density at radius 3 is 3.00 bits per heavy atom. The van der Waals surface area contributed by atoms with Crippen LogP contribution in [-0.4, -0.2) is 0 Å². The third kappa shape index (κ3) is 1.41. The van der Waals surface area contributed by atoms with Gasteiger partial charge in [-0.1, -0.05) is 19.1 Å². The van der Waals surface area contributed by atoms with Gasteiger partial charge in [-0.3, -0.25) is 0 Å². The van der Waals surface area contributed by atoms with E-state index in [0.29, 0.717) is 5.92 Å². The maximum Gasteiger partial charge on any atom is 0.0108 e. The highest BCUT2D eigenvalue weighted by Crippen LogP contribution is 2.23. The lowest BCUT2D eigenvalue weighted by atomic mass is 9.93. The zero-order valence-electron chi connectivity index (χ0n) is 6.78. The number of allylic oxidation sites excluding steroid dienone is 2. The zero-order chi connectivity index (χ0) is 7.56.